The van der Waals surface area contributed by atoms with Gasteiger partial charge in [0.15, 0.2) is 23.1 Å². The Labute approximate surface area is 192 Å². The number of carbonyl (C=O) groups is 1. The molecule has 3 aliphatic rings. The van der Waals surface area contributed by atoms with Crippen molar-refractivity contribution in [2.24, 2.45) is 10.7 Å². The average molecular weight is 460 g/mol. The number of carbonyl (C=O) groups excluding carboxylic acids is 1. The molecule has 0 saturated carbocycles. The summed E-state index contributed by atoms with van der Waals surface area (Å²) in [6.45, 7) is 4.90. The van der Waals surface area contributed by atoms with E-state index in [9.17, 15) is 13.6 Å². The van der Waals surface area contributed by atoms with Gasteiger partial charge in [0.05, 0.1) is 5.69 Å². The number of fused-ring (bicyclic) bond motifs is 3. The number of rotatable bonds is 5. The van der Waals surface area contributed by atoms with Gasteiger partial charge in [0.2, 0.25) is 5.91 Å². The van der Waals surface area contributed by atoms with E-state index in [1.165, 1.54) is 6.07 Å². The molecule has 170 valence electrons. The van der Waals surface area contributed by atoms with Crippen molar-refractivity contribution < 1.29 is 18.3 Å². The molecule has 0 bridgehead atoms. The summed E-state index contributed by atoms with van der Waals surface area (Å²) in [5.41, 5.74) is 7.58. The lowest BCUT2D eigenvalue weighted by Crippen LogP contribution is -2.17. The van der Waals surface area contributed by atoms with Gasteiger partial charge in [0.25, 0.3) is 5.62 Å². The van der Waals surface area contributed by atoms with Crippen molar-refractivity contribution in [3.05, 3.63) is 84.1 Å². The van der Waals surface area contributed by atoms with Crippen molar-refractivity contribution in [2.75, 3.05) is 11.9 Å². The lowest BCUT2D eigenvalue weighted by molar-refractivity contribution is -0.112. The summed E-state index contributed by atoms with van der Waals surface area (Å²) in [6.07, 6.45) is 1.60. The first-order chi connectivity index (χ1) is 16.4. The Morgan fingerprint density at radius 3 is 2.68 bits per heavy atom. The summed E-state index contributed by atoms with van der Waals surface area (Å²) in [5, 5.41) is 3.21. The van der Waals surface area contributed by atoms with Gasteiger partial charge in [-0.25, -0.2) is 18.8 Å². The maximum atomic E-state index is 14.1. The largest absolute Gasteiger partial charge is 0.450 e. The summed E-state index contributed by atoms with van der Waals surface area (Å²) in [4.78, 5) is 24.6. The van der Waals surface area contributed by atoms with E-state index in [4.69, 9.17) is 10.5 Å². The predicted octanol–water partition coefficient (Wildman–Crippen LogP) is 3.61. The average Bonchev–Trinajstić information content (AvgIpc) is 3.32. The molecular formula is C24H18F2N6O2. The summed E-state index contributed by atoms with van der Waals surface area (Å²) in [5.74, 6) is -0.547. The van der Waals surface area contributed by atoms with E-state index in [0.29, 0.717) is 47.3 Å². The number of primary amides is 1. The highest BCUT2D eigenvalue weighted by atomic mass is 19.1. The van der Waals surface area contributed by atoms with Gasteiger partial charge in [-0.05, 0) is 35.9 Å². The lowest BCUT2D eigenvalue weighted by Gasteiger charge is -2.17. The molecule has 0 radical (unpaired) electrons. The number of nitrogens with two attached hydrogens (primary N) is 1. The van der Waals surface area contributed by atoms with Gasteiger partial charge < -0.3 is 20.4 Å². The highest BCUT2D eigenvalue weighted by molar-refractivity contribution is 6.17. The fraction of sp³-hybridized carbons (Fsp3) is 0.0833. The van der Waals surface area contributed by atoms with Crippen LogP contribution >= 0.6 is 0 Å². The Kier molecular flexibility index (Phi) is 5.25. The summed E-state index contributed by atoms with van der Waals surface area (Å²) in [6, 6.07) is 11.6. The van der Waals surface area contributed by atoms with Crippen molar-refractivity contribution in [1.29, 1.82) is 0 Å². The van der Waals surface area contributed by atoms with E-state index in [0.717, 1.165) is 12.1 Å². The third kappa shape index (κ3) is 3.96. The number of nitrogens with zero attached hydrogens (tertiary/aromatic N) is 4. The smallest absolute Gasteiger partial charge is 0.251 e. The number of hydrogen-bond donors (Lipinski definition) is 2. The van der Waals surface area contributed by atoms with Crippen LogP contribution in [0.15, 0.2) is 66.3 Å². The first-order valence-corrected chi connectivity index (χ1v) is 10.3. The van der Waals surface area contributed by atoms with E-state index in [1.54, 1.807) is 36.5 Å². The first-order valence-electron chi connectivity index (χ1n) is 10.3. The summed E-state index contributed by atoms with van der Waals surface area (Å²) < 4.78 is 35.0. The SMILES string of the molecule is C=C(C(N)=O)c1ccc(N=c2ncc3cc(Oc4ccc(F)cc4F)c4n(c-3n2)CCN4)cc1. The quantitative estimate of drug-likeness (QED) is 0.443. The molecule has 2 aromatic carbocycles. The van der Waals surface area contributed by atoms with Gasteiger partial charge in [-0.3, -0.25) is 4.79 Å². The number of amides is 1. The highest BCUT2D eigenvalue weighted by Crippen LogP contribution is 2.38. The molecule has 5 rings (SSSR count). The molecule has 8 nitrogen and oxygen atoms in total. The molecule has 0 aliphatic carbocycles. The number of aromatic nitrogens is 3. The normalized spacial score (nSPS) is 12.9. The monoisotopic (exact) mass is 460 g/mol. The number of nitrogens with one attached hydrogen (secondary N) is 1. The zero-order valence-corrected chi connectivity index (χ0v) is 17.8. The van der Waals surface area contributed by atoms with E-state index < -0.39 is 17.5 Å². The maximum absolute atomic E-state index is 14.1. The van der Waals surface area contributed by atoms with Crippen molar-refractivity contribution in [1.82, 2.24) is 14.5 Å². The van der Waals surface area contributed by atoms with E-state index in [-0.39, 0.29) is 16.9 Å². The topological polar surface area (TPSA) is 107 Å². The van der Waals surface area contributed by atoms with Crippen LogP contribution < -0.4 is 21.4 Å². The number of pyridine rings is 1. The van der Waals surface area contributed by atoms with Crippen LogP contribution in [0.1, 0.15) is 5.56 Å². The van der Waals surface area contributed by atoms with E-state index >= 15 is 0 Å². The number of anilines is 1. The third-order valence-corrected chi connectivity index (χ3v) is 5.31. The molecule has 0 fully saturated rings. The second-order valence-corrected chi connectivity index (χ2v) is 7.56. The van der Waals surface area contributed by atoms with Crippen LogP contribution in [-0.4, -0.2) is 27.0 Å². The molecule has 0 unspecified atom stereocenters. The fourth-order valence-electron chi connectivity index (χ4n) is 3.63. The molecule has 3 aliphatic heterocycles. The van der Waals surface area contributed by atoms with E-state index in [1.807, 2.05) is 4.57 Å². The molecule has 3 heterocycles. The van der Waals surface area contributed by atoms with Gasteiger partial charge in [-0.2, -0.15) is 4.98 Å². The highest BCUT2D eigenvalue weighted by Gasteiger charge is 2.23. The minimum atomic E-state index is -0.798. The first kappa shape index (κ1) is 21.3. The second kappa shape index (κ2) is 8.39. The van der Waals surface area contributed by atoms with Gasteiger partial charge in [-0.15, -0.1) is 0 Å². The number of halogens is 2. The second-order valence-electron chi connectivity index (χ2n) is 7.56. The zero-order valence-electron chi connectivity index (χ0n) is 17.8. The third-order valence-electron chi connectivity index (χ3n) is 5.31. The van der Waals surface area contributed by atoms with E-state index in [2.05, 4.69) is 26.9 Å². The molecule has 2 aromatic rings. The van der Waals surface area contributed by atoms with Gasteiger partial charge in [0.1, 0.15) is 11.6 Å². The van der Waals surface area contributed by atoms with Crippen LogP contribution in [0.25, 0.3) is 17.0 Å². The number of ether oxygens (including phenoxy) is 1. The molecule has 3 N–H and O–H groups in total. The molecule has 0 saturated heterocycles. The van der Waals surface area contributed by atoms with Crippen molar-refractivity contribution in [2.45, 2.75) is 6.54 Å². The Morgan fingerprint density at radius 2 is 1.94 bits per heavy atom. The Bertz CT molecular complexity index is 1480. The predicted molar refractivity (Wildman–Crippen MR) is 121 cm³/mol. The molecule has 1 amide bonds. The van der Waals surface area contributed by atoms with Gasteiger partial charge >= 0.3 is 0 Å². The minimum absolute atomic E-state index is 0.0905. The molecule has 34 heavy (non-hydrogen) atoms. The summed E-state index contributed by atoms with van der Waals surface area (Å²) >= 11 is 0. The number of benzene rings is 2. The Hall–Kier alpha value is -4.60. The fourth-order valence-corrected chi connectivity index (χ4v) is 3.63. The Morgan fingerprint density at radius 1 is 1.15 bits per heavy atom. The van der Waals surface area contributed by atoms with Crippen molar-refractivity contribution >= 4 is 23.0 Å². The van der Waals surface area contributed by atoms with Crippen LogP contribution in [0.2, 0.25) is 0 Å². The molecule has 0 aromatic heterocycles. The lowest BCUT2D eigenvalue weighted by atomic mass is 10.1. The van der Waals surface area contributed by atoms with Crippen molar-refractivity contribution in [3.63, 3.8) is 0 Å². The van der Waals surface area contributed by atoms with Crippen LogP contribution in [0, 0.1) is 11.6 Å². The standard InChI is InChI=1S/C24H18F2N6O2/c1-13(21(27)33)14-2-5-17(6-3-14)30-24-29-12-15-10-20(23-28-8-9-32(23)22(15)31-24)34-19-7-4-16(25)11-18(19)26/h2-7,10-12,28H,1,8-9H2,(H2,27,33). The molecular weight excluding hydrogens is 442 g/mol. The van der Waals surface area contributed by atoms with Gasteiger partial charge in [-0.1, -0.05) is 18.7 Å². The Balaban J connectivity index is 1.52. The molecule has 0 spiro atoms. The maximum Gasteiger partial charge on any atom is 0.251 e. The van der Waals surface area contributed by atoms with Crippen LogP contribution in [-0.2, 0) is 11.3 Å². The minimum Gasteiger partial charge on any atom is -0.450 e. The van der Waals surface area contributed by atoms with Crippen molar-refractivity contribution in [3.8, 4) is 22.9 Å². The van der Waals surface area contributed by atoms with Crippen LogP contribution in [0.4, 0.5) is 20.3 Å². The summed E-state index contributed by atoms with van der Waals surface area (Å²) in [7, 11) is 0. The number of hydrogen-bond acceptors (Lipinski definition) is 6. The van der Waals surface area contributed by atoms with Gasteiger partial charge in [0, 0.05) is 36.5 Å². The molecule has 10 heteroatoms. The van der Waals surface area contributed by atoms with Crippen LogP contribution in [0.3, 0.4) is 0 Å². The molecule has 0 atom stereocenters. The van der Waals surface area contributed by atoms with Crippen LogP contribution in [0.5, 0.6) is 11.5 Å². The zero-order chi connectivity index (χ0) is 23.8.